The molecule has 0 fully saturated rings. The fourth-order valence-corrected chi connectivity index (χ4v) is 3.21. The average Bonchev–Trinajstić information content (AvgIpc) is 2.77. The van der Waals surface area contributed by atoms with Crippen LogP contribution in [0.2, 0.25) is 10.0 Å². The third-order valence-electron chi connectivity index (χ3n) is 4.27. The molecule has 1 amide bonds. The Bertz CT molecular complexity index is 1050. The Labute approximate surface area is 202 Å². The molecular formula is C22H25Cl2N3O6. The van der Waals surface area contributed by atoms with E-state index in [4.69, 9.17) is 42.1 Å². The van der Waals surface area contributed by atoms with E-state index in [1.54, 1.807) is 26.0 Å². The molecule has 0 aliphatic heterocycles. The number of ketones is 1. The Kier molecular flexibility index (Phi) is 9.74. The first-order chi connectivity index (χ1) is 15.8. The van der Waals surface area contributed by atoms with Crippen molar-refractivity contribution in [3.05, 3.63) is 34.3 Å². The predicted octanol–water partition coefficient (Wildman–Crippen LogP) is 5.49. The number of carbonyl (C=O) groups is 2. The molecule has 1 unspecified atom stereocenters. The van der Waals surface area contributed by atoms with E-state index in [0.29, 0.717) is 35.5 Å². The first-order valence-electron chi connectivity index (χ1n) is 9.99. The molecule has 11 heteroatoms. The third kappa shape index (κ3) is 6.49. The number of rotatable bonds is 11. The van der Waals surface area contributed by atoms with Gasteiger partial charge in [0.15, 0.2) is 17.3 Å². The number of Topliss-reactive ketones (excluding diaryl/α,β-unsaturated/α-hetero) is 1. The van der Waals surface area contributed by atoms with Crippen molar-refractivity contribution in [2.75, 3.05) is 32.8 Å². The van der Waals surface area contributed by atoms with Gasteiger partial charge in [0, 0.05) is 6.07 Å². The molecule has 0 radical (unpaired) electrons. The SMILES string of the molecule is CCOc1c(Cl)ccc(N=NC(C(C)=O)C(=O)Nc2cc(Cl)c(OC)cc2OC)c1OCC. The summed E-state index contributed by atoms with van der Waals surface area (Å²) in [6.45, 7) is 5.49. The van der Waals surface area contributed by atoms with E-state index in [1.807, 2.05) is 0 Å². The van der Waals surface area contributed by atoms with Crippen LogP contribution in [-0.2, 0) is 9.59 Å². The number of amides is 1. The van der Waals surface area contributed by atoms with E-state index < -0.39 is 17.7 Å². The molecule has 0 heterocycles. The maximum atomic E-state index is 12.9. The van der Waals surface area contributed by atoms with Gasteiger partial charge in [0.2, 0.25) is 6.04 Å². The van der Waals surface area contributed by atoms with Crippen LogP contribution in [0.5, 0.6) is 23.0 Å². The number of nitrogens with zero attached hydrogens (tertiary/aromatic N) is 2. The maximum absolute atomic E-state index is 12.9. The second-order valence-electron chi connectivity index (χ2n) is 6.50. The highest BCUT2D eigenvalue weighted by Crippen LogP contribution is 2.43. The number of benzene rings is 2. The van der Waals surface area contributed by atoms with E-state index in [1.165, 1.54) is 33.3 Å². The molecule has 2 aromatic carbocycles. The first kappa shape index (κ1) is 26.2. The summed E-state index contributed by atoms with van der Waals surface area (Å²) in [7, 11) is 2.88. The Balaban J connectivity index is 2.37. The molecule has 0 aliphatic rings. The predicted molar refractivity (Wildman–Crippen MR) is 126 cm³/mol. The lowest BCUT2D eigenvalue weighted by Gasteiger charge is -2.15. The van der Waals surface area contributed by atoms with Gasteiger partial charge in [0.05, 0.1) is 43.2 Å². The fourth-order valence-electron chi connectivity index (χ4n) is 2.77. The van der Waals surface area contributed by atoms with Crippen LogP contribution in [-0.4, -0.2) is 45.2 Å². The second-order valence-corrected chi connectivity index (χ2v) is 7.31. The van der Waals surface area contributed by atoms with Gasteiger partial charge in [-0.05, 0) is 39.0 Å². The zero-order valence-corrected chi connectivity index (χ0v) is 20.4. The smallest absolute Gasteiger partial charge is 0.258 e. The van der Waals surface area contributed by atoms with Crippen LogP contribution in [0.1, 0.15) is 20.8 Å². The first-order valence-corrected chi connectivity index (χ1v) is 10.7. The van der Waals surface area contributed by atoms with Crippen molar-refractivity contribution >= 4 is 46.3 Å². The summed E-state index contributed by atoms with van der Waals surface area (Å²) >= 11 is 12.4. The van der Waals surface area contributed by atoms with Crippen LogP contribution in [0.3, 0.4) is 0 Å². The van der Waals surface area contributed by atoms with Crippen molar-refractivity contribution in [1.29, 1.82) is 0 Å². The number of methoxy groups -OCH3 is 2. The highest BCUT2D eigenvalue weighted by molar-refractivity contribution is 6.33. The van der Waals surface area contributed by atoms with Gasteiger partial charge >= 0.3 is 0 Å². The van der Waals surface area contributed by atoms with E-state index in [-0.39, 0.29) is 22.1 Å². The molecule has 1 N–H and O–H groups in total. The minimum absolute atomic E-state index is 0.245. The third-order valence-corrected chi connectivity index (χ3v) is 4.86. The molecule has 1 atom stereocenters. The maximum Gasteiger partial charge on any atom is 0.258 e. The number of anilines is 1. The van der Waals surface area contributed by atoms with Gasteiger partial charge < -0.3 is 24.3 Å². The molecule has 33 heavy (non-hydrogen) atoms. The summed E-state index contributed by atoms with van der Waals surface area (Å²) in [6, 6.07) is 4.65. The van der Waals surface area contributed by atoms with Gasteiger partial charge in [-0.2, -0.15) is 10.2 Å². The van der Waals surface area contributed by atoms with Crippen LogP contribution >= 0.6 is 23.2 Å². The van der Waals surface area contributed by atoms with Crippen molar-refractivity contribution in [3.63, 3.8) is 0 Å². The van der Waals surface area contributed by atoms with Crippen LogP contribution in [0.25, 0.3) is 0 Å². The molecule has 9 nitrogen and oxygen atoms in total. The van der Waals surface area contributed by atoms with Crippen LogP contribution in [0.15, 0.2) is 34.5 Å². The molecule has 178 valence electrons. The largest absolute Gasteiger partial charge is 0.495 e. The molecule has 0 saturated carbocycles. The summed E-state index contributed by atoms with van der Waals surface area (Å²) < 4.78 is 21.6. The molecule has 0 saturated heterocycles. The van der Waals surface area contributed by atoms with Gasteiger partial charge in [0.25, 0.3) is 5.91 Å². The van der Waals surface area contributed by atoms with Gasteiger partial charge in [-0.1, -0.05) is 23.2 Å². The standard InChI is InChI=1S/C22H25Cl2N3O6/c1-6-32-20-13(23)8-9-15(21(20)33-7-2)26-27-19(12(3)28)22(29)25-16-10-14(24)17(30-4)11-18(16)31-5/h8-11,19H,6-7H2,1-5H3,(H,25,29). The van der Waals surface area contributed by atoms with E-state index in [9.17, 15) is 9.59 Å². The van der Waals surface area contributed by atoms with Crippen molar-refractivity contribution in [2.45, 2.75) is 26.8 Å². The van der Waals surface area contributed by atoms with Crippen molar-refractivity contribution < 1.29 is 28.5 Å². The monoisotopic (exact) mass is 497 g/mol. The molecule has 0 bridgehead atoms. The summed E-state index contributed by atoms with van der Waals surface area (Å²) in [5.74, 6) is -0.0116. The molecule has 2 aromatic rings. The lowest BCUT2D eigenvalue weighted by molar-refractivity contribution is -0.126. The summed E-state index contributed by atoms with van der Waals surface area (Å²) in [5.41, 5.74) is 0.503. The number of hydrogen-bond donors (Lipinski definition) is 1. The second kappa shape index (κ2) is 12.3. The number of carbonyl (C=O) groups excluding carboxylic acids is 2. The number of hydrogen-bond acceptors (Lipinski definition) is 8. The Hall–Kier alpha value is -3.04. The Morgan fingerprint density at radius 1 is 0.970 bits per heavy atom. The van der Waals surface area contributed by atoms with Gasteiger partial charge in [-0.3, -0.25) is 9.59 Å². The zero-order valence-electron chi connectivity index (χ0n) is 18.9. The van der Waals surface area contributed by atoms with E-state index in [2.05, 4.69) is 15.5 Å². The van der Waals surface area contributed by atoms with Crippen molar-refractivity contribution in [1.82, 2.24) is 0 Å². The number of halogens is 2. The topological polar surface area (TPSA) is 108 Å². The highest BCUT2D eigenvalue weighted by atomic mass is 35.5. The summed E-state index contributed by atoms with van der Waals surface area (Å²) in [6.07, 6.45) is 0. The molecule has 2 rings (SSSR count). The Morgan fingerprint density at radius 2 is 1.61 bits per heavy atom. The van der Waals surface area contributed by atoms with Crippen LogP contribution in [0.4, 0.5) is 11.4 Å². The normalized spacial score (nSPS) is 11.7. The highest BCUT2D eigenvalue weighted by Gasteiger charge is 2.25. The summed E-state index contributed by atoms with van der Waals surface area (Å²) in [5, 5.41) is 11.2. The Morgan fingerprint density at radius 3 is 2.18 bits per heavy atom. The summed E-state index contributed by atoms with van der Waals surface area (Å²) in [4.78, 5) is 25.0. The van der Waals surface area contributed by atoms with E-state index >= 15 is 0 Å². The molecule has 0 aliphatic carbocycles. The average molecular weight is 498 g/mol. The van der Waals surface area contributed by atoms with Crippen LogP contribution in [0, 0.1) is 0 Å². The minimum Gasteiger partial charge on any atom is -0.495 e. The molecule has 0 spiro atoms. The van der Waals surface area contributed by atoms with Gasteiger partial charge in [-0.15, -0.1) is 0 Å². The zero-order chi connectivity index (χ0) is 24.5. The lowest BCUT2D eigenvalue weighted by atomic mass is 10.2. The van der Waals surface area contributed by atoms with Gasteiger partial charge in [-0.25, -0.2) is 0 Å². The fraction of sp³-hybridized carbons (Fsp3) is 0.364. The minimum atomic E-state index is -1.43. The van der Waals surface area contributed by atoms with E-state index in [0.717, 1.165) is 0 Å². The lowest BCUT2D eigenvalue weighted by Crippen LogP contribution is -2.32. The van der Waals surface area contributed by atoms with Crippen molar-refractivity contribution in [3.8, 4) is 23.0 Å². The number of ether oxygens (including phenoxy) is 4. The molecule has 0 aromatic heterocycles. The van der Waals surface area contributed by atoms with Crippen LogP contribution < -0.4 is 24.3 Å². The van der Waals surface area contributed by atoms with Crippen molar-refractivity contribution in [2.24, 2.45) is 10.2 Å². The molecular weight excluding hydrogens is 473 g/mol. The van der Waals surface area contributed by atoms with Gasteiger partial charge in [0.1, 0.15) is 17.2 Å². The number of azo groups is 1. The number of nitrogens with one attached hydrogen (secondary N) is 1. The quantitative estimate of drug-likeness (QED) is 0.324.